The van der Waals surface area contributed by atoms with Crippen molar-refractivity contribution in [3.63, 3.8) is 0 Å². The van der Waals surface area contributed by atoms with Gasteiger partial charge in [-0.2, -0.15) is 0 Å². The molecule has 0 radical (unpaired) electrons. The van der Waals surface area contributed by atoms with Crippen molar-refractivity contribution in [2.24, 2.45) is 0 Å². The molecule has 0 aliphatic carbocycles. The third-order valence-corrected chi connectivity index (χ3v) is 6.45. The zero-order valence-corrected chi connectivity index (χ0v) is 21.2. The van der Waals surface area contributed by atoms with Crippen molar-refractivity contribution in [1.29, 1.82) is 0 Å². The van der Waals surface area contributed by atoms with E-state index in [9.17, 15) is 8.78 Å². The molecule has 37 heavy (non-hydrogen) atoms. The Bertz CT molecular complexity index is 1380. The van der Waals surface area contributed by atoms with Crippen molar-refractivity contribution in [2.45, 2.75) is 20.5 Å². The lowest BCUT2D eigenvalue weighted by Gasteiger charge is -2.31. The van der Waals surface area contributed by atoms with Crippen molar-refractivity contribution in [2.75, 3.05) is 42.6 Å². The van der Waals surface area contributed by atoms with Crippen LogP contribution in [0.1, 0.15) is 18.2 Å². The topological polar surface area (TPSA) is 76.5 Å². The molecule has 3 aromatic heterocycles. The molecule has 0 bridgehead atoms. The first kappa shape index (κ1) is 25.0. The number of ether oxygens (including phenoxy) is 2. The van der Waals surface area contributed by atoms with Crippen LogP contribution in [0.5, 0.6) is 0 Å². The molecule has 5 heterocycles. The minimum Gasteiger partial charge on any atom is -0.486 e. The van der Waals surface area contributed by atoms with Gasteiger partial charge in [-0.3, -0.25) is 9.97 Å². The van der Waals surface area contributed by atoms with E-state index in [4.69, 9.17) is 26.1 Å². The van der Waals surface area contributed by atoms with Gasteiger partial charge >= 0.3 is 0 Å². The Labute approximate surface area is 218 Å². The molecule has 0 N–H and O–H groups in total. The predicted molar refractivity (Wildman–Crippen MR) is 136 cm³/mol. The van der Waals surface area contributed by atoms with E-state index in [1.165, 1.54) is 0 Å². The summed E-state index contributed by atoms with van der Waals surface area (Å²) in [6.07, 6.45) is 6.28. The average Bonchev–Trinajstić information content (AvgIpc) is 2.91. The summed E-state index contributed by atoms with van der Waals surface area (Å²) in [4.78, 5) is 21.7. The number of halogens is 3. The molecule has 5 rings (SSSR count). The van der Waals surface area contributed by atoms with Crippen LogP contribution in [-0.4, -0.2) is 52.8 Å². The summed E-state index contributed by atoms with van der Waals surface area (Å²) in [6, 6.07) is 4.59. The fourth-order valence-electron chi connectivity index (χ4n) is 4.13. The van der Waals surface area contributed by atoms with Crippen molar-refractivity contribution in [3.05, 3.63) is 82.2 Å². The molecular weight excluding hydrogens is 502 g/mol. The van der Waals surface area contributed by atoms with E-state index in [1.807, 2.05) is 26.0 Å². The first-order chi connectivity index (χ1) is 17.9. The molecule has 0 unspecified atom stereocenters. The number of pyridine rings is 2. The van der Waals surface area contributed by atoms with Crippen LogP contribution < -0.4 is 9.80 Å². The van der Waals surface area contributed by atoms with E-state index in [2.05, 4.69) is 24.8 Å². The number of morpholine rings is 1. The Balaban J connectivity index is 1.35. The van der Waals surface area contributed by atoms with Crippen LogP contribution in [-0.2, 0) is 16.1 Å². The number of nitrogens with zero attached hydrogens (tertiary/aromatic N) is 6. The average molecular weight is 527 g/mol. The van der Waals surface area contributed by atoms with Gasteiger partial charge in [0.1, 0.15) is 23.9 Å². The van der Waals surface area contributed by atoms with Crippen LogP contribution >= 0.6 is 11.6 Å². The van der Waals surface area contributed by atoms with Crippen molar-refractivity contribution < 1.29 is 18.3 Å². The lowest BCUT2D eigenvalue weighted by atomic mass is 10.1. The summed E-state index contributed by atoms with van der Waals surface area (Å²) in [7, 11) is 0. The molecule has 8 nitrogen and oxygen atoms in total. The summed E-state index contributed by atoms with van der Waals surface area (Å²) in [5.41, 5.74) is 4.20. The van der Waals surface area contributed by atoms with Crippen LogP contribution in [0.4, 0.5) is 20.4 Å². The number of allylic oxidation sites excluding steroid dienone is 2. The zero-order valence-electron chi connectivity index (χ0n) is 20.4. The maximum absolute atomic E-state index is 13.9. The predicted octanol–water partition coefficient (Wildman–Crippen LogP) is 4.75. The van der Waals surface area contributed by atoms with Gasteiger partial charge < -0.3 is 19.3 Å². The van der Waals surface area contributed by atoms with Gasteiger partial charge in [-0.25, -0.2) is 18.7 Å². The Hall–Kier alpha value is -3.63. The lowest BCUT2D eigenvalue weighted by Crippen LogP contribution is -2.37. The van der Waals surface area contributed by atoms with Gasteiger partial charge in [-0.15, -0.1) is 0 Å². The number of aromatic nitrogens is 4. The summed E-state index contributed by atoms with van der Waals surface area (Å²) in [5.74, 6) is -0.442. The quantitative estimate of drug-likeness (QED) is 0.455. The van der Waals surface area contributed by atoms with Crippen LogP contribution in [0.3, 0.4) is 0 Å². The van der Waals surface area contributed by atoms with E-state index in [1.54, 1.807) is 18.5 Å². The summed E-state index contributed by atoms with van der Waals surface area (Å²) in [5, 5.41) is 0.447. The zero-order chi connectivity index (χ0) is 25.9. The standard InChI is InChI=1S/C26H25ClF2N6O2/c1-16-12-31-22(21-3-4-30-26(33-21)34-5-7-36-8-6-34)11-24(16)35-14-19(27)25(9-17(35)2)37-15-23-20(29)10-18(28)13-32-23/h3-4,9-13H,5-8,14-15H2,1-2H3. The van der Waals surface area contributed by atoms with E-state index < -0.39 is 11.6 Å². The normalized spacial score (nSPS) is 16.2. The highest BCUT2D eigenvalue weighted by Gasteiger charge is 2.22. The Kier molecular flexibility index (Phi) is 7.29. The maximum atomic E-state index is 13.9. The highest BCUT2D eigenvalue weighted by atomic mass is 35.5. The van der Waals surface area contributed by atoms with Crippen molar-refractivity contribution >= 4 is 23.2 Å². The van der Waals surface area contributed by atoms with E-state index in [-0.39, 0.29) is 12.3 Å². The summed E-state index contributed by atoms with van der Waals surface area (Å²) < 4.78 is 38.2. The first-order valence-corrected chi connectivity index (χ1v) is 12.2. The highest BCUT2D eigenvalue weighted by Crippen LogP contribution is 2.33. The molecule has 0 aromatic carbocycles. The molecule has 2 aliphatic heterocycles. The molecule has 3 aromatic rings. The molecule has 0 spiro atoms. The fourth-order valence-corrected chi connectivity index (χ4v) is 4.36. The second-order valence-corrected chi connectivity index (χ2v) is 9.17. The number of hydrogen-bond acceptors (Lipinski definition) is 8. The molecule has 0 amide bonds. The lowest BCUT2D eigenvalue weighted by molar-refractivity contribution is 0.122. The number of aryl methyl sites for hydroxylation is 1. The maximum Gasteiger partial charge on any atom is 0.226 e. The van der Waals surface area contributed by atoms with Gasteiger partial charge in [-0.05, 0) is 31.5 Å². The van der Waals surface area contributed by atoms with Gasteiger partial charge in [0.2, 0.25) is 5.95 Å². The third kappa shape index (κ3) is 5.55. The van der Waals surface area contributed by atoms with Gasteiger partial charge in [-0.1, -0.05) is 11.6 Å². The molecule has 192 valence electrons. The van der Waals surface area contributed by atoms with Crippen LogP contribution in [0.25, 0.3) is 11.4 Å². The molecule has 11 heteroatoms. The molecule has 0 saturated carbocycles. The van der Waals surface area contributed by atoms with Crippen LogP contribution in [0.2, 0.25) is 0 Å². The Morgan fingerprint density at radius 1 is 1.05 bits per heavy atom. The fraction of sp³-hybridized carbons (Fsp3) is 0.308. The van der Waals surface area contributed by atoms with Gasteiger partial charge in [0, 0.05) is 49.0 Å². The summed E-state index contributed by atoms with van der Waals surface area (Å²) >= 11 is 6.58. The van der Waals surface area contributed by atoms with Crippen molar-refractivity contribution in [3.8, 4) is 11.4 Å². The minimum atomic E-state index is -0.767. The van der Waals surface area contributed by atoms with Crippen LogP contribution in [0, 0.1) is 18.6 Å². The SMILES string of the molecule is CC1=CC(OCc2ncc(F)cc2F)=C(Cl)CN1c1cc(-c2ccnc(N3CCOCC3)n2)ncc1C. The number of hydrogen-bond donors (Lipinski definition) is 0. The number of anilines is 2. The van der Waals surface area contributed by atoms with E-state index >= 15 is 0 Å². The molecule has 0 atom stereocenters. The van der Waals surface area contributed by atoms with Gasteiger partial charge in [0.05, 0.1) is 42.4 Å². The molecule has 2 aliphatic rings. The molecule has 1 fully saturated rings. The minimum absolute atomic E-state index is 0.00256. The Morgan fingerprint density at radius 2 is 1.86 bits per heavy atom. The van der Waals surface area contributed by atoms with Crippen LogP contribution in [0.15, 0.2) is 59.4 Å². The smallest absolute Gasteiger partial charge is 0.226 e. The largest absolute Gasteiger partial charge is 0.486 e. The Morgan fingerprint density at radius 3 is 2.65 bits per heavy atom. The van der Waals surface area contributed by atoms with Crippen molar-refractivity contribution in [1.82, 2.24) is 19.9 Å². The second-order valence-electron chi connectivity index (χ2n) is 8.71. The highest BCUT2D eigenvalue weighted by molar-refractivity contribution is 6.30. The van der Waals surface area contributed by atoms with E-state index in [0.717, 1.165) is 48.0 Å². The van der Waals surface area contributed by atoms with E-state index in [0.29, 0.717) is 42.2 Å². The molecular formula is C26H25ClF2N6O2. The summed E-state index contributed by atoms with van der Waals surface area (Å²) in [6.45, 7) is 6.88. The second kappa shape index (κ2) is 10.8. The number of rotatable bonds is 6. The third-order valence-electron chi connectivity index (χ3n) is 6.14. The van der Waals surface area contributed by atoms with Gasteiger partial charge in [0.15, 0.2) is 5.82 Å². The molecule has 1 saturated heterocycles. The first-order valence-electron chi connectivity index (χ1n) is 11.8. The van der Waals surface area contributed by atoms with Gasteiger partial charge in [0.25, 0.3) is 0 Å². The monoisotopic (exact) mass is 526 g/mol.